The minimum absolute atomic E-state index is 0.0343. The lowest BCUT2D eigenvalue weighted by atomic mass is 10.1. The van der Waals surface area contributed by atoms with E-state index in [0.717, 1.165) is 17.5 Å². The lowest BCUT2D eigenvalue weighted by Crippen LogP contribution is -2.33. The molecule has 128 valence electrons. The van der Waals surface area contributed by atoms with E-state index < -0.39 is 0 Å². The molecule has 2 heterocycles. The van der Waals surface area contributed by atoms with Crippen molar-refractivity contribution >= 4 is 17.2 Å². The fraction of sp³-hybridized carbons (Fsp3) is 0.200. The van der Waals surface area contributed by atoms with Gasteiger partial charge < -0.3 is 4.90 Å². The number of carbonyl (C=O) groups excluding carboxylic acids is 1. The summed E-state index contributed by atoms with van der Waals surface area (Å²) in [6, 6.07) is 14.0. The van der Waals surface area contributed by atoms with Gasteiger partial charge in [0.05, 0.1) is 6.42 Å². The van der Waals surface area contributed by atoms with Crippen LogP contribution in [0.1, 0.15) is 16.0 Å². The molecule has 0 aliphatic carbocycles. The van der Waals surface area contributed by atoms with Gasteiger partial charge in [0.15, 0.2) is 0 Å². The van der Waals surface area contributed by atoms with Crippen molar-refractivity contribution in [3.8, 4) is 0 Å². The smallest absolute Gasteiger partial charge is 0.227 e. The number of pyridine rings is 1. The lowest BCUT2D eigenvalue weighted by Gasteiger charge is -2.23. The Bertz CT molecular complexity index is 788. The predicted molar refractivity (Wildman–Crippen MR) is 97.8 cm³/mol. The van der Waals surface area contributed by atoms with Gasteiger partial charge in [-0.2, -0.15) is 0 Å². The summed E-state index contributed by atoms with van der Waals surface area (Å²) < 4.78 is 13.0. The molecule has 3 rings (SSSR count). The summed E-state index contributed by atoms with van der Waals surface area (Å²) in [6.07, 6.45) is 4.60. The van der Waals surface area contributed by atoms with E-state index in [1.807, 2.05) is 28.5 Å². The van der Waals surface area contributed by atoms with E-state index in [0.29, 0.717) is 13.1 Å². The maximum Gasteiger partial charge on any atom is 0.227 e. The number of carbonyl (C=O) groups is 1. The largest absolute Gasteiger partial charge is 0.338 e. The van der Waals surface area contributed by atoms with Gasteiger partial charge in [-0.1, -0.05) is 24.3 Å². The van der Waals surface area contributed by atoms with Gasteiger partial charge in [-0.05, 0) is 47.2 Å². The molecule has 2 aromatic heterocycles. The molecule has 5 heteroatoms. The number of aromatic nitrogens is 1. The fourth-order valence-electron chi connectivity index (χ4n) is 2.59. The van der Waals surface area contributed by atoms with E-state index in [4.69, 9.17) is 0 Å². The van der Waals surface area contributed by atoms with Crippen LogP contribution in [0, 0.1) is 5.82 Å². The zero-order valence-electron chi connectivity index (χ0n) is 13.8. The van der Waals surface area contributed by atoms with Gasteiger partial charge in [0, 0.05) is 30.4 Å². The molecular formula is C20H19FN2OS. The molecular weight excluding hydrogens is 335 g/mol. The van der Waals surface area contributed by atoms with Gasteiger partial charge >= 0.3 is 0 Å². The second kappa shape index (κ2) is 8.53. The normalized spacial score (nSPS) is 10.6. The Labute approximate surface area is 150 Å². The standard InChI is InChI=1S/C20H19FN2OS/c21-18-7-5-16(6-8-18)13-20(24)23(11-9-19-4-2-12-25-19)15-17-3-1-10-22-14-17/h1-8,10,12,14H,9,11,13,15H2. The number of halogens is 1. The zero-order valence-corrected chi connectivity index (χ0v) is 14.6. The average molecular weight is 354 g/mol. The Balaban J connectivity index is 1.69. The monoisotopic (exact) mass is 354 g/mol. The highest BCUT2D eigenvalue weighted by Crippen LogP contribution is 2.13. The number of benzene rings is 1. The quantitative estimate of drug-likeness (QED) is 0.640. The summed E-state index contributed by atoms with van der Waals surface area (Å²) in [5.41, 5.74) is 1.82. The maximum atomic E-state index is 13.0. The van der Waals surface area contributed by atoms with Gasteiger partial charge in [-0.25, -0.2) is 4.39 Å². The van der Waals surface area contributed by atoms with Crippen molar-refractivity contribution in [2.75, 3.05) is 6.54 Å². The molecule has 0 aliphatic rings. The molecule has 1 amide bonds. The topological polar surface area (TPSA) is 33.2 Å². The minimum atomic E-state index is -0.291. The Kier molecular flexibility index (Phi) is 5.90. The third-order valence-electron chi connectivity index (χ3n) is 3.93. The molecule has 0 fully saturated rings. The highest BCUT2D eigenvalue weighted by molar-refractivity contribution is 7.09. The van der Waals surface area contributed by atoms with Crippen molar-refractivity contribution < 1.29 is 9.18 Å². The van der Waals surface area contributed by atoms with E-state index in [-0.39, 0.29) is 18.1 Å². The number of hydrogen-bond donors (Lipinski definition) is 0. The van der Waals surface area contributed by atoms with Crippen molar-refractivity contribution in [3.63, 3.8) is 0 Å². The van der Waals surface area contributed by atoms with E-state index in [1.54, 1.807) is 35.9 Å². The van der Waals surface area contributed by atoms with Crippen LogP contribution in [0.25, 0.3) is 0 Å². The van der Waals surface area contributed by atoms with Crippen LogP contribution in [0.15, 0.2) is 66.3 Å². The van der Waals surface area contributed by atoms with Crippen molar-refractivity contribution in [1.82, 2.24) is 9.88 Å². The van der Waals surface area contributed by atoms with Crippen LogP contribution in [0.5, 0.6) is 0 Å². The van der Waals surface area contributed by atoms with Gasteiger partial charge in [0.25, 0.3) is 0 Å². The Hall–Kier alpha value is -2.53. The SMILES string of the molecule is O=C(Cc1ccc(F)cc1)N(CCc1cccs1)Cc1cccnc1. The first-order valence-electron chi connectivity index (χ1n) is 8.14. The van der Waals surface area contributed by atoms with Crippen LogP contribution >= 0.6 is 11.3 Å². The number of thiophene rings is 1. The van der Waals surface area contributed by atoms with Crippen molar-refractivity contribution in [1.29, 1.82) is 0 Å². The molecule has 0 spiro atoms. The Morgan fingerprint density at radius 3 is 2.60 bits per heavy atom. The molecule has 0 unspecified atom stereocenters. The number of rotatable bonds is 7. The second-order valence-corrected chi connectivity index (χ2v) is 6.84. The summed E-state index contributed by atoms with van der Waals surface area (Å²) in [5.74, 6) is -0.256. The Morgan fingerprint density at radius 1 is 1.08 bits per heavy atom. The maximum absolute atomic E-state index is 13.0. The number of amides is 1. The molecule has 0 saturated carbocycles. The number of hydrogen-bond acceptors (Lipinski definition) is 3. The van der Waals surface area contributed by atoms with E-state index >= 15 is 0 Å². The van der Waals surface area contributed by atoms with Crippen LogP contribution in [-0.4, -0.2) is 22.3 Å². The molecule has 3 nitrogen and oxygen atoms in total. The first-order chi connectivity index (χ1) is 12.2. The zero-order chi connectivity index (χ0) is 17.5. The average Bonchev–Trinajstić information content (AvgIpc) is 3.15. The summed E-state index contributed by atoms with van der Waals surface area (Å²) >= 11 is 1.70. The first kappa shape index (κ1) is 17.3. The molecule has 1 aromatic carbocycles. The van der Waals surface area contributed by atoms with Crippen LogP contribution < -0.4 is 0 Å². The van der Waals surface area contributed by atoms with Crippen LogP contribution in [-0.2, 0) is 24.2 Å². The van der Waals surface area contributed by atoms with E-state index in [1.165, 1.54) is 17.0 Å². The highest BCUT2D eigenvalue weighted by Gasteiger charge is 2.15. The highest BCUT2D eigenvalue weighted by atomic mass is 32.1. The summed E-state index contributed by atoms with van der Waals surface area (Å²) in [4.78, 5) is 20.0. The lowest BCUT2D eigenvalue weighted by molar-refractivity contribution is -0.131. The summed E-state index contributed by atoms with van der Waals surface area (Å²) in [5, 5.41) is 2.04. The van der Waals surface area contributed by atoms with Crippen LogP contribution in [0.3, 0.4) is 0 Å². The van der Waals surface area contributed by atoms with Crippen molar-refractivity contribution in [2.45, 2.75) is 19.4 Å². The molecule has 0 aliphatic heterocycles. The van der Waals surface area contributed by atoms with E-state index in [2.05, 4.69) is 11.1 Å². The van der Waals surface area contributed by atoms with Crippen LogP contribution in [0.4, 0.5) is 4.39 Å². The third kappa shape index (κ3) is 5.22. The summed E-state index contributed by atoms with van der Waals surface area (Å²) in [6.45, 7) is 1.18. The molecule has 25 heavy (non-hydrogen) atoms. The number of nitrogens with zero attached hydrogens (tertiary/aromatic N) is 2. The molecule has 0 atom stereocenters. The van der Waals surface area contributed by atoms with Gasteiger partial charge in [0.2, 0.25) is 5.91 Å². The molecule has 3 aromatic rings. The van der Waals surface area contributed by atoms with Crippen LogP contribution in [0.2, 0.25) is 0 Å². The molecule has 0 radical (unpaired) electrons. The van der Waals surface area contributed by atoms with E-state index in [9.17, 15) is 9.18 Å². The second-order valence-electron chi connectivity index (χ2n) is 5.81. The van der Waals surface area contributed by atoms with Gasteiger partial charge in [-0.3, -0.25) is 9.78 Å². The summed E-state index contributed by atoms with van der Waals surface area (Å²) in [7, 11) is 0. The molecule has 0 N–H and O–H groups in total. The van der Waals surface area contributed by atoms with Gasteiger partial charge in [-0.15, -0.1) is 11.3 Å². The molecule has 0 bridgehead atoms. The fourth-order valence-corrected chi connectivity index (χ4v) is 3.29. The van der Waals surface area contributed by atoms with Crippen molar-refractivity contribution in [2.24, 2.45) is 0 Å². The first-order valence-corrected chi connectivity index (χ1v) is 9.02. The third-order valence-corrected chi connectivity index (χ3v) is 4.86. The predicted octanol–water partition coefficient (Wildman–Crippen LogP) is 4.10. The Morgan fingerprint density at radius 2 is 1.92 bits per heavy atom. The van der Waals surface area contributed by atoms with Crippen molar-refractivity contribution in [3.05, 3.63) is 88.1 Å². The van der Waals surface area contributed by atoms with Gasteiger partial charge in [0.1, 0.15) is 5.82 Å². The minimum Gasteiger partial charge on any atom is -0.338 e. The molecule has 0 saturated heterocycles.